The maximum Gasteiger partial charge on any atom is 0.431 e. The van der Waals surface area contributed by atoms with Gasteiger partial charge < -0.3 is 15.6 Å². The summed E-state index contributed by atoms with van der Waals surface area (Å²) in [7, 11) is 0. The Morgan fingerprint density at radius 1 is 1.14 bits per heavy atom. The van der Waals surface area contributed by atoms with Crippen LogP contribution in [0.4, 0.5) is 19.0 Å². The molecule has 2 aliphatic rings. The molecule has 1 unspecified atom stereocenters. The number of pyridine rings is 2. The van der Waals surface area contributed by atoms with Crippen molar-refractivity contribution in [3.05, 3.63) is 42.0 Å². The van der Waals surface area contributed by atoms with E-state index in [9.17, 15) is 13.2 Å². The first-order chi connectivity index (χ1) is 17.2. The van der Waals surface area contributed by atoms with E-state index in [-0.39, 0.29) is 11.1 Å². The highest BCUT2D eigenvalue weighted by molar-refractivity contribution is 5.97. The van der Waals surface area contributed by atoms with E-state index >= 15 is 0 Å². The Morgan fingerprint density at radius 2 is 1.97 bits per heavy atom. The number of hydrogen-bond acceptors (Lipinski definition) is 6. The summed E-state index contributed by atoms with van der Waals surface area (Å²) in [5.41, 5.74) is 1.76. The Hall–Kier alpha value is -3.27. The summed E-state index contributed by atoms with van der Waals surface area (Å²) in [6, 6.07) is 2.74. The second-order valence-corrected chi connectivity index (χ2v) is 10.6. The Kier molecular flexibility index (Phi) is 5.40. The number of aromatic nitrogens is 5. The first-order valence-corrected chi connectivity index (χ1v) is 12.4. The second-order valence-electron chi connectivity index (χ2n) is 10.6. The molecule has 7 nitrogen and oxygen atoms in total. The lowest BCUT2D eigenvalue weighted by Crippen LogP contribution is -2.45. The van der Waals surface area contributed by atoms with Gasteiger partial charge in [0.25, 0.3) is 0 Å². The predicted molar refractivity (Wildman–Crippen MR) is 133 cm³/mol. The minimum atomic E-state index is -4.50. The molecule has 1 aliphatic heterocycles. The number of rotatable bonds is 5. The average Bonchev–Trinajstić information content (AvgIpc) is 3.58. The number of piperidine rings is 1. The molecule has 0 amide bonds. The average molecular weight is 496 g/mol. The number of nitrogens with zero attached hydrogens (tertiary/aromatic N) is 4. The molecule has 10 heteroatoms. The number of hydrogen-bond donors (Lipinski definition) is 3. The van der Waals surface area contributed by atoms with E-state index < -0.39 is 11.9 Å². The van der Waals surface area contributed by atoms with Crippen molar-refractivity contribution >= 4 is 27.8 Å². The van der Waals surface area contributed by atoms with Crippen LogP contribution in [-0.2, 0) is 6.18 Å². The van der Waals surface area contributed by atoms with Gasteiger partial charge in [0, 0.05) is 41.8 Å². The predicted octanol–water partition coefficient (Wildman–Crippen LogP) is 5.51. The van der Waals surface area contributed by atoms with Gasteiger partial charge in [-0.15, -0.1) is 0 Å². The minimum absolute atomic E-state index is 0.133. The largest absolute Gasteiger partial charge is 0.431 e. The van der Waals surface area contributed by atoms with Crippen LogP contribution in [0.25, 0.3) is 33.3 Å². The third-order valence-corrected chi connectivity index (χ3v) is 7.60. The van der Waals surface area contributed by atoms with Crippen LogP contribution in [0.5, 0.6) is 0 Å². The SMILES string of the molecule is CC1(C)CNCCC1CNc1nc(-c2ccnc3[nH]c(C(F)(F)F)cc23)nc2cncc(C3CC3)c12. The van der Waals surface area contributed by atoms with E-state index in [2.05, 4.69) is 39.4 Å². The summed E-state index contributed by atoms with van der Waals surface area (Å²) >= 11 is 0. The number of alkyl halides is 3. The molecule has 4 aromatic heterocycles. The van der Waals surface area contributed by atoms with E-state index in [0.29, 0.717) is 39.9 Å². The molecule has 1 aliphatic carbocycles. The molecule has 5 heterocycles. The van der Waals surface area contributed by atoms with Crippen LogP contribution in [0.2, 0.25) is 0 Å². The molecule has 2 fully saturated rings. The number of H-pyrrole nitrogens is 1. The van der Waals surface area contributed by atoms with Crippen molar-refractivity contribution in [2.24, 2.45) is 11.3 Å². The zero-order chi connectivity index (χ0) is 25.1. The van der Waals surface area contributed by atoms with Crippen LogP contribution in [0.3, 0.4) is 0 Å². The number of anilines is 1. The Bertz CT molecular complexity index is 1440. The van der Waals surface area contributed by atoms with Crippen molar-refractivity contribution in [3.8, 4) is 11.4 Å². The fourth-order valence-electron chi connectivity index (χ4n) is 5.26. The lowest BCUT2D eigenvalue weighted by atomic mass is 9.74. The van der Waals surface area contributed by atoms with Crippen molar-refractivity contribution in [2.45, 2.75) is 45.2 Å². The van der Waals surface area contributed by atoms with Crippen molar-refractivity contribution in [2.75, 3.05) is 25.0 Å². The van der Waals surface area contributed by atoms with Crippen molar-refractivity contribution in [3.63, 3.8) is 0 Å². The molecule has 0 bridgehead atoms. The summed E-state index contributed by atoms with van der Waals surface area (Å²) in [5, 5.41) is 8.38. The molecular weight excluding hydrogens is 467 g/mol. The van der Waals surface area contributed by atoms with Crippen LogP contribution in [-0.4, -0.2) is 44.6 Å². The first-order valence-electron chi connectivity index (χ1n) is 12.4. The van der Waals surface area contributed by atoms with Gasteiger partial charge in [-0.1, -0.05) is 13.8 Å². The van der Waals surface area contributed by atoms with E-state index in [1.807, 2.05) is 6.20 Å². The first kappa shape index (κ1) is 23.1. The van der Waals surface area contributed by atoms with Gasteiger partial charge in [0.2, 0.25) is 0 Å². The molecule has 0 aromatic carbocycles. The van der Waals surface area contributed by atoms with Crippen LogP contribution >= 0.6 is 0 Å². The van der Waals surface area contributed by atoms with Crippen LogP contribution in [0.15, 0.2) is 30.7 Å². The molecule has 0 radical (unpaired) electrons. The quantitative estimate of drug-likeness (QED) is 0.338. The van der Waals surface area contributed by atoms with Gasteiger partial charge in [-0.3, -0.25) is 4.98 Å². The van der Waals surface area contributed by atoms with Gasteiger partial charge in [-0.2, -0.15) is 13.2 Å². The van der Waals surface area contributed by atoms with Gasteiger partial charge in [-0.25, -0.2) is 15.0 Å². The highest BCUT2D eigenvalue weighted by Gasteiger charge is 2.34. The molecule has 1 atom stereocenters. The van der Waals surface area contributed by atoms with E-state index in [0.717, 1.165) is 55.9 Å². The van der Waals surface area contributed by atoms with Crippen LogP contribution in [0, 0.1) is 11.3 Å². The summed E-state index contributed by atoms with van der Waals surface area (Å²) in [5.74, 6) is 1.96. The molecule has 6 rings (SSSR count). The Labute approximate surface area is 206 Å². The Balaban J connectivity index is 1.47. The number of fused-ring (bicyclic) bond motifs is 2. The molecule has 1 saturated carbocycles. The fraction of sp³-hybridized carbons (Fsp3) is 0.462. The number of nitrogens with one attached hydrogen (secondary N) is 3. The van der Waals surface area contributed by atoms with Crippen molar-refractivity contribution < 1.29 is 13.2 Å². The second kappa shape index (κ2) is 8.40. The normalized spacial score (nSPS) is 20.2. The summed E-state index contributed by atoms with van der Waals surface area (Å²) in [6.45, 7) is 7.23. The van der Waals surface area contributed by atoms with Gasteiger partial charge in [0.15, 0.2) is 5.82 Å². The molecule has 4 aromatic rings. The summed E-state index contributed by atoms with van der Waals surface area (Å²) in [6.07, 6.45) is 3.86. The highest BCUT2D eigenvalue weighted by Crippen LogP contribution is 2.45. The van der Waals surface area contributed by atoms with E-state index in [4.69, 9.17) is 9.97 Å². The molecule has 0 spiro atoms. The zero-order valence-corrected chi connectivity index (χ0v) is 20.2. The lowest BCUT2D eigenvalue weighted by molar-refractivity contribution is -0.140. The molecule has 1 saturated heterocycles. The molecular formula is C26H28F3N7. The number of aromatic amines is 1. The molecule has 188 valence electrons. The van der Waals surface area contributed by atoms with Gasteiger partial charge in [0.1, 0.15) is 17.2 Å². The fourth-order valence-corrected chi connectivity index (χ4v) is 5.26. The van der Waals surface area contributed by atoms with Crippen LogP contribution in [0.1, 0.15) is 50.3 Å². The van der Waals surface area contributed by atoms with E-state index in [1.54, 1.807) is 12.3 Å². The van der Waals surface area contributed by atoms with Crippen molar-refractivity contribution in [1.29, 1.82) is 0 Å². The van der Waals surface area contributed by atoms with Crippen molar-refractivity contribution in [1.82, 2.24) is 30.2 Å². The highest BCUT2D eigenvalue weighted by atomic mass is 19.4. The minimum Gasteiger partial charge on any atom is -0.369 e. The maximum atomic E-state index is 13.4. The number of halogens is 3. The summed E-state index contributed by atoms with van der Waals surface area (Å²) < 4.78 is 40.2. The smallest absolute Gasteiger partial charge is 0.369 e. The van der Waals surface area contributed by atoms with Crippen LogP contribution < -0.4 is 10.6 Å². The van der Waals surface area contributed by atoms with Gasteiger partial charge >= 0.3 is 6.18 Å². The van der Waals surface area contributed by atoms with E-state index in [1.165, 1.54) is 6.20 Å². The topological polar surface area (TPSA) is 91.4 Å². The standard InChI is InChI=1S/C26H28F3N7/c1-25(2)13-30-7-5-15(25)10-33-24-21-18(14-3-4-14)11-31-12-19(21)34-23(36-24)16-6-8-32-22-17(16)9-20(35-22)26(27,28)29/h6,8-9,11-12,14-15,30H,3-5,7,10,13H2,1-2H3,(H,32,35)(H,33,34,36). The zero-order valence-electron chi connectivity index (χ0n) is 20.2. The maximum absolute atomic E-state index is 13.4. The van der Waals surface area contributed by atoms with Gasteiger partial charge in [-0.05, 0) is 60.8 Å². The summed E-state index contributed by atoms with van der Waals surface area (Å²) in [4.78, 5) is 20.6. The monoisotopic (exact) mass is 495 g/mol. The third-order valence-electron chi connectivity index (χ3n) is 7.60. The molecule has 3 N–H and O–H groups in total. The molecule has 36 heavy (non-hydrogen) atoms. The lowest BCUT2D eigenvalue weighted by Gasteiger charge is -2.39. The van der Waals surface area contributed by atoms with Gasteiger partial charge in [0.05, 0.1) is 11.7 Å². The Morgan fingerprint density at radius 3 is 2.72 bits per heavy atom. The third kappa shape index (κ3) is 4.17.